The van der Waals surface area contributed by atoms with E-state index in [1.54, 1.807) is 0 Å². The predicted molar refractivity (Wildman–Crippen MR) is 60.0 cm³/mol. The quantitative estimate of drug-likeness (QED) is 0.730. The van der Waals surface area contributed by atoms with Gasteiger partial charge in [0.2, 0.25) is 0 Å². The molecule has 0 N–H and O–H groups in total. The predicted octanol–water partition coefficient (Wildman–Crippen LogP) is 1.70. The third-order valence-corrected chi connectivity index (χ3v) is 3.39. The summed E-state index contributed by atoms with van der Waals surface area (Å²) >= 11 is 0. The lowest BCUT2D eigenvalue weighted by Gasteiger charge is -2.29. The Morgan fingerprint density at radius 3 is 2.62 bits per heavy atom. The molecule has 16 heavy (non-hydrogen) atoms. The average molecular weight is 222 g/mol. The Morgan fingerprint density at radius 2 is 2.12 bits per heavy atom. The van der Waals surface area contributed by atoms with Crippen LogP contribution in [0.25, 0.3) is 0 Å². The molecule has 1 saturated heterocycles. The normalized spacial score (nSPS) is 18.9. The van der Waals surface area contributed by atoms with E-state index in [0.29, 0.717) is 0 Å². The molecule has 0 aliphatic carbocycles. The van der Waals surface area contributed by atoms with Gasteiger partial charge in [0, 0.05) is 18.0 Å². The molecule has 2 rings (SSSR count). The summed E-state index contributed by atoms with van der Waals surface area (Å²) in [4.78, 5) is 13.0. The Morgan fingerprint density at radius 1 is 1.44 bits per heavy atom. The lowest BCUT2D eigenvalue weighted by molar-refractivity contribution is -0.112. The Labute approximate surface area is 95.6 Å². The highest BCUT2D eigenvalue weighted by Gasteiger charge is 2.20. The molecule has 2 heterocycles. The van der Waals surface area contributed by atoms with Gasteiger partial charge < -0.3 is 9.32 Å². The molecule has 1 aromatic heterocycles. The third-order valence-electron chi connectivity index (χ3n) is 3.39. The van der Waals surface area contributed by atoms with Crippen LogP contribution in [0.15, 0.2) is 4.52 Å². The van der Waals surface area contributed by atoms with Gasteiger partial charge in [-0.2, -0.15) is 0 Å². The molecule has 1 aliphatic heterocycles. The van der Waals surface area contributed by atoms with Crippen LogP contribution in [0.3, 0.4) is 0 Å². The zero-order valence-corrected chi connectivity index (χ0v) is 9.90. The van der Waals surface area contributed by atoms with Gasteiger partial charge in [-0.25, -0.2) is 0 Å². The van der Waals surface area contributed by atoms with Crippen molar-refractivity contribution in [1.29, 1.82) is 0 Å². The number of aromatic nitrogens is 1. The minimum absolute atomic E-state index is 0.265. The van der Waals surface area contributed by atoms with E-state index >= 15 is 0 Å². The Balaban J connectivity index is 1.94. The maximum absolute atomic E-state index is 10.6. The molecule has 0 saturated carbocycles. The van der Waals surface area contributed by atoms with Crippen molar-refractivity contribution in [3.05, 3.63) is 17.0 Å². The third kappa shape index (κ3) is 2.32. The molecule has 4 heteroatoms. The first kappa shape index (κ1) is 11.3. The minimum Gasteiger partial charge on any atom is -0.361 e. The van der Waals surface area contributed by atoms with E-state index in [9.17, 15) is 4.79 Å². The molecular weight excluding hydrogens is 204 g/mol. The molecule has 0 radical (unpaired) electrons. The largest absolute Gasteiger partial charge is 0.361 e. The Kier molecular flexibility index (Phi) is 3.39. The van der Waals surface area contributed by atoms with Crippen LogP contribution < -0.4 is 0 Å². The van der Waals surface area contributed by atoms with Gasteiger partial charge in [0.1, 0.15) is 12.0 Å². The summed E-state index contributed by atoms with van der Waals surface area (Å²) < 4.78 is 5.15. The highest BCUT2D eigenvalue weighted by atomic mass is 16.5. The van der Waals surface area contributed by atoms with Gasteiger partial charge in [-0.1, -0.05) is 5.16 Å². The van der Waals surface area contributed by atoms with Crippen molar-refractivity contribution in [2.45, 2.75) is 33.2 Å². The lowest BCUT2D eigenvalue weighted by Crippen LogP contribution is -2.33. The molecule has 0 amide bonds. The minimum atomic E-state index is 0.265. The van der Waals surface area contributed by atoms with Crippen molar-refractivity contribution in [3.63, 3.8) is 0 Å². The zero-order valence-electron chi connectivity index (χ0n) is 9.90. The van der Waals surface area contributed by atoms with Crippen molar-refractivity contribution in [2.24, 2.45) is 5.92 Å². The highest BCUT2D eigenvalue weighted by Crippen LogP contribution is 2.20. The monoisotopic (exact) mass is 222 g/mol. The lowest BCUT2D eigenvalue weighted by atomic mass is 9.98. The van der Waals surface area contributed by atoms with Gasteiger partial charge in [0.25, 0.3) is 0 Å². The first-order valence-corrected chi connectivity index (χ1v) is 5.80. The number of hydrogen-bond acceptors (Lipinski definition) is 4. The standard InChI is InChI=1S/C12H18N2O2/c1-9-12(10(2)16-13-9)7-14-5-3-11(8-15)4-6-14/h8,11H,3-7H2,1-2H3. The summed E-state index contributed by atoms with van der Waals surface area (Å²) in [7, 11) is 0. The van der Waals surface area contributed by atoms with E-state index in [4.69, 9.17) is 4.52 Å². The van der Waals surface area contributed by atoms with Gasteiger partial charge in [0.05, 0.1) is 5.69 Å². The molecular formula is C12H18N2O2. The fourth-order valence-electron chi connectivity index (χ4n) is 2.20. The molecule has 88 valence electrons. The fraction of sp³-hybridized carbons (Fsp3) is 0.667. The van der Waals surface area contributed by atoms with Crippen molar-refractivity contribution in [3.8, 4) is 0 Å². The van der Waals surface area contributed by atoms with Gasteiger partial charge in [-0.3, -0.25) is 4.90 Å². The number of likely N-dealkylation sites (tertiary alicyclic amines) is 1. The first-order valence-electron chi connectivity index (χ1n) is 5.80. The smallest absolute Gasteiger partial charge is 0.138 e. The van der Waals surface area contributed by atoms with Crippen LogP contribution >= 0.6 is 0 Å². The number of aldehydes is 1. The SMILES string of the molecule is Cc1noc(C)c1CN1CCC(C=O)CC1. The number of piperidine rings is 1. The number of rotatable bonds is 3. The summed E-state index contributed by atoms with van der Waals surface area (Å²) in [5.74, 6) is 1.18. The summed E-state index contributed by atoms with van der Waals surface area (Å²) in [6, 6.07) is 0. The molecule has 0 unspecified atom stereocenters. The van der Waals surface area contributed by atoms with Gasteiger partial charge in [-0.05, 0) is 39.8 Å². The van der Waals surface area contributed by atoms with Crippen LogP contribution in [0.2, 0.25) is 0 Å². The maximum Gasteiger partial charge on any atom is 0.138 e. The molecule has 0 aromatic carbocycles. The molecule has 0 atom stereocenters. The second kappa shape index (κ2) is 4.78. The van der Waals surface area contributed by atoms with Crippen molar-refractivity contribution >= 4 is 6.29 Å². The van der Waals surface area contributed by atoms with E-state index in [-0.39, 0.29) is 5.92 Å². The summed E-state index contributed by atoms with van der Waals surface area (Å²) in [5.41, 5.74) is 2.18. The number of carbonyl (C=O) groups excluding carboxylic acids is 1. The van der Waals surface area contributed by atoms with E-state index in [2.05, 4.69) is 10.1 Å². The van der Waals surface area contributed by atoms with E-state index in [1.807, 2.05) is 13.8 Å². The van der Waals surface area contributed by atoms with Crippen LogP contribution in [-0.4, -0.2) is 29.4 Å². The molecule has 0 bridgehead atoms. The number of carbonyl (C=O) groups is 1. The molecule has 1 aliphatic rings. The highest BCUT2D eigenvalue weighted by molar-refractivity contribution is 5.53. The second-order valence-corrected chi connectivity index (χ2v) is 4.55. The van der Waals surface area contributed by atoms with Crippen LogP contribution in [0, 0.1) is 19.8 Å². The van der Waals surface area contributed by atoms with Crippen LogP contribution in [0.5, 0.6) is 0 Å². The summed E-state index contributed by atoms with van der Waals surface area (Å²) in [6.45, 7) is 6.81. The molecule has 4 nitrogen and oxygen atoms in total. The van der Waals surface area contributed by atoms with E-state index in [1.165, 1.54) is 5.56 Å². The number of aryl methyl sites for hydroxylation is 2. The van der Waals surface area contributed by atoms with Crippen molar-refractivity contribution in [2.75, 3.05) is 13.1 Å². The second-order valence-electron chi connectivity index (χ2n) is 4.55. The Hall–Kier alpha value is -1.16. The van der Waals surface area contributed by atoms with Crippen molar-refractivity contribution < 1.29 is 9.32 Å². The van der Waals surface area contributed by atoms with Gasteiger partial charge in [-0.15, -0.1) is 0 Å². The summed E-state index contributed by atoms with van der Waals surface area (Å²) in [5, 5.41) is 3.95. The van der Waals surface area contributed by atoms with E-state index in [0.717, 1.165) is 50.2 Å². The fourth-order valence-corrected chi connectivity index (χ4v) is 2.20. The molecule has 1 fully saturated rings. The maximum atomic E-state index is 10.6. The topological polar surface area (TPSA) is 46.3 Å². The van der Waals surface area contributed by atoms with Gasteiger partial charge in [0.15, 0.2) is 0 Å². The summed E-state index contributed by atoms with van der Waals surface area (Å²) in [6.07, 6.45) is 3.05. The first-order chi connectivity index (χ1) is 7.70. The molecule has 1 aromatic rings. The number of hydrogen-bond donors (Lipinski definition) is 0. The van der Waals surface area contributed by atoms with E-state index < -0.39 is 0 Å². The molecule has 0 spiro atoms. The van der Waals surface area contributed by atoms with Gasteiger partial charge >= 0.3 is 0 Å². The van der Waals surface area contributed by atoms with Crippen LogP contribution in [0.1, 0.15) is 29.9 Å². The Bertz CT molecular complexity index is 346. The van der Waals surface area contributed by atoms with Crippen molar-refractivity contribution in [1.82, 2.24) is 10.1 Å². The zero-order chi connectivity index (χ0) is 11.5. The number of nitrogens with zero attached hydrogens (tertiary/aromatic N) is 2. The van der Waals surface area contributed by atoms with Crippen LogP contribution in [0.4, 0.5) is 0 Å². The average Bonchev–Trinajstić information content (AvgIpc) is 2.62. The van der Waals surface area contributed by atoms with Crippen LogP contribution in [-0.2, 0) is 11.3 Å².